The average molecular weight is 195 g/mol. The van der Waals surface area contributed by atoms with Crippen LogP contribution in [0.3, 0.4) is 0 Å². The second-order valence-corrected chi connectivity index (χ2v) is 3.90. The van der Waals surface area contributed by atoms with Gasteiger partial charge in [-0.2, -0.15) is 13.2 Å². The van der Waals surface area contributed by atoms with Crippen LogP contribution in [0.1, 0.15) is 25.7 Å². The van der Waals surface area contributed by atoms with E-state index in [0.717, 1.165) is 25.9 Å². The number of likely N-dealkylation sites (tertiary alicyclic amines) is 1. The van der Waals surface area contributed by atoms with E-state index in [1.165, 1.54) is 0 Å². The predicted octanol–water partition coefficient (Wildman–Crippen LogP) is 2.67. The molecule has 1 aliphatic heterocycles. The fourth-order valence-electron chi connectivity index (χ4n) is 1.72. The van der Waals surface area contributed by atoms with Crippen molar-refractivity contribution in [3.63, 3.8) is 0 Å². The molecule has 0 spiro atoms. The Kier molecular flexibility index (Phi) is 3.59. The highest BCUT2D eigenvalue weighted by Gasteiger charge is 2.29. The molecule has 0 saturated carbocycles. The molecule has 0 unspecified atom stereocenters. The lowest BCUT2D eigenvalue weighted by molar-refractivity contribution is -0.138. The molecule has 0 aromatic rings. The Labute approximate surface area is 76.9 Å². The first kappa shape index (κ1) is 10.8. The topological polar surface area (TPSA) is 3.24 Å². The highest BCUT2D eigenvalue weighted by atomic mass is 19.4. The third-order valence-electron chi connectivity index (χ3n) is 2.67. The Hall–Kier alpha value is -0.250. The van der Waals surface area contributed by atoms with Gasteiger partial charge in [0.25, 0.3) is 0 Å². The van der Waals surface area contributed by atoms with Crippen molar-refractivity contribution in [2.45, 2.75) is 31.9 Å². The lowest BCUT2D eigenvalue weighted by atomic mass is 9.92. The summed E-state index contributed by atoms with van der Waals surface area (Å²) < 4.78 is 35.6. The van der Waals surface area contributed by atoms with Gasteiger partial charge in [-0.3, -0.25) is 0 Å². The average Bonchev–Trinajstić information content (AvgIpc) is 2.02. The van der Waals surface area contributed by atoms with E-state index in [0.29, 0.717) is 6.42 Å². The first-order chi connectivity index (χ1) is 5.97. The number of nitrogens with zero attached hydrogens (tertiary/aromatic N) is 1. The van der Waals surface area contributed by atoms with Gasteiger partial charge < -0.3 is 4.90 Å². The lowest BCUT2D eigenvalue weighted by Gasteiger charge is -2.29. The molecule has 1 heterocycles. The van der Waals surface area contributed by atoms with Crippen LogP contribution >= 0.6 is 0 Å². The molecule has 0 N–H and O–H groups in total. The van der Waals surface area contributed by atoms with E-state index >= 15 is 0 Å². The van der Waals surface area contributed by atoms with Crippen LogP contribution in [0.25, 0.3) is 0 Å². The van der Waals surface area contributed by atoms with Gasteiger partial charge in [0.05, 0.1) is 0 Å². The number of piperidine rings is 1. The van der Waals surface area contributed by atoms with E-state index in [-0.39, 0.29) is 5.92 Å². The Morgan fingerprint density at radius 2 is 1.77 bits per heavy atom. The summed E-state index contributed by atoms with van der Waals surface area (Å²) in [5, 5.41) is 0. The maximum atomic E-state index is 11.9. The third kappa shape index (κ3) is 4.50. The zero-order valence-electron chi connectivity index (χ0n) is 7.90. The van der Waals surface area contributed by atoms with Gasteiger partial charge >= 0.3 is 6.18 Å². The minimum atomic E-state index is -3.97. The molecule has 0 radical (unpaired) electrons. The number of alkyl halides is 3. The van der Waals surface area contributed by atoms with E-state index in [2.05, 4.69) is 4.90 Å². The van der Waals surface area contributed by atoms with Crippen molar-refractivity contribution in [1.82, 2.24) is 4.90 Å². The maximum absolute atomic E-state index is 11.9. The van der Waals surface area contributed by atoms with Crippen LogP contribution in [-0.2, 0) is 0 Å². The van der Waals surface area contributed by atoms with Crippen molar-refractivity contribution in [1.29, 1.82) is 0 Å². The molecular formula is C9H16F3N. The molecular weight excluding hydrogens is 179 g/mol. The molecule has 1 fully saturated rings. The Morgan fingerprint density at radius 1 is 1.23 bits per heavy atom. The van der Waals surface area contributed by atoms with Crippen molar-refractivity contribution in [3.8, 4) is 0 Å². The van der Waals surface area contributed by atoms with Crippen LogP contribution in [0.2, 0.25) is 0 Å². The quantitative estimate of drug-likeness (QED) is 0.654. The zero-order chi connectivity index (χ0) is 9.90. The molecule has 0 aromatic carbocycles. The smallest absolute Gasteiger partial charge is 0.306 e. The predicted molar refractivity (Wildman–Crippen MR) is 45.5 cm³/mol. The van der Waals surface area contributed by atoms with Gasteiger partial charge in [0.2, 0.25) is 0 Å². The number of rotatable bonds is 2. The van der Waals surface area contributed by atoms with E-state index in [4.69, 9.17) is 0 Å². The largest absolute Gasteiger partial charge is 0.389 e. The molecule has 0 amide bonds. The first-order valence-electron chi connectivity index (χ1n) is 4.72. The molecule has 13 heavy (non-hydrogen) atoms. The summed E-state index contributed by atoms with van der Waals surface area (Å²) in [5.41, 5.74) is 0. The Bertz CT molecular complexity index is 147. The first-order valence-corrected chi connectivity index (χ1v) is 4.72. The van der Waals surface area contributed by atoms with Crippen LogP contribution < -0.4 is 0 Å². The van der Waals surface area contributed by atoms with Crippen LogP contribution in [0.4, 0.5) is 13.2 Å². The Balaban J connectivity index is 2.16. The highest BCUT2D eigenvalue weighted by molar-refractivity contribution is 4.70. The fourth-order valence-corrected chi connectivity index (χ4v) is 1.72. The van der Waals surface area contributed by atoms with Crippen molar-refractivity contribution in [2.75, 3.05) is 20.1 Å². The van der Waals surface area contributed by atoms with E-state index in [9.17, 15) is 13.2 Å². The molecule has 0 aliphatic carbocycles. The summed E-state index contributed by atoms with van der Waals surface area (Å²) in [6.45, 7) is 1.89. The lowest BCUT2D eigenvalue weighted by Crippen LogP contribution is -2.30. The van der Waals surface area contributed by atoms with Crippen LogP contribution in [0.5, 0.6) is 0 Å². The van der Waals surface area contributed by atoms with Gasteiger partial charge in [-0.25, -0.2) is 0 Å². The molecule has 1 nitrogen and oxygen atoms in total. The van der Waals surface area contributed by atoms with Gasteiger partial charge in [0, 0.05) is 6.42 Å². The van der Waals surface area contributed by atoms with Crippen LogP contribution in [0, 0.1) is 5.92 Å². The second kappa shape index (κ2) is 4.31. The van der Waals surface area contributed by atoms with E-state index < -0.39 is 12.6 Å². The number of halogens is 3. The summed E-state index contributed by atoms with van der Waals surface area (Å²) >= 11 is 0. The van der Waals surface area contributed by atoms with Gasteiger partial charge in [0.1, 0.15) is 0 Å². The van der Waals surface area contributed by atoms with Gasteiger partial charge in [-0.15, -0.1) is 0 Å². The fraction of sp³-hybridized carbons (Fsp3) is 1.00. The van der Waals surface area contributed by atoms with Crippen molar-refractivity contribution in [3.05, 3.63) is 0 Å². The van der Waals surface area contributed by atoms with Gasteiger partial charge in [-0.05, 0) is 45.3 Å². The monoisotopic (exact) mass is 195 g/mol. The second-order valence-electron chi connectivity index (χ2n) is 3.90. The highest BCUT2D eigenvalue weighted by Crippen LogP contribution is 2.28. The van der Waals surface area contributed by atoms with Crippen LogP contribution in [0.15, 0.2) is 0 Å². The van der Waals surface area contributed by atoms with Crippen molar-refractivity contribution >= 4 is 0 Å². The molecule has 0 atom stereocenters. The minimum absolute atomic E-state index is 0.290. The number of hydrogen-bond donors (Lipinski definition) is 0. The third-order valence-corrected chi connectivity index (χ3v) is 2.67. The molecule has 78 valence electrons. The summed E-state index contributed by atoms with van der Waals surface area (Å²) in [7, 11) is 2.01. The Morgan fingerprint density at radius 3 is 2.23 bits per heavy atom. The summed E-state index contributed by atoms with van der Waals surface area (Å²) in [5.74, 6) is 0.290. The van der Waals surface area contributed by atoms with Crippen LogP contribution in [-0.4, -0.2) is 31.2 Å². The van der Waals surface area contributed by atoms with Crippen molar-refractivity contribution in [2.24, 2.45) is 5.92 Å². The van der Waals surface area contributed by atoms with Crippen molar-refractivity contribution < 1.29 is 13.2 Å². The SMILES string of the molecule is CN1CCC(CCC(F)(F)F)CC1. The standard InChI is InChI=1S/C9H16F3N/c1-13-6-3-8(4-7-13)2-5-9(10,11)12/h8H,2-7H2,1H3. The van der Waals surface area contributed by atoms with E-state index in [1.54, 1.807) is 0 Å². The summed E-state index contributed by atoms with van der Waals surface area (Å²) in [6.07, 6.45) is -2.42. The molecule has 0 bridgehead atoms. The molecule has 1 rings (SSSR count). The number of hydrogen-bond acceptors (Lipinski definition) is 1. The van der Waals surface area contributed by atoms with E-state index in [1.807, 2.05) is 7.05 Å². The molecule has 1 saturated heterocycles. The molecule has 0 aromatic heterocycles. The summed E-state index contributed by atoms with van der Waals surface area (Å²) in [6, 6.07) is 0. The maximum Gasteiger partial charge on any atom is 0.389 e. The summed E-state index contributed by atoms with van der Waals surface area (Å²) in [4.78, 5) is 2.17. The zero-order valence-corrected chi connectivity index (χ0v) is 7.90. The minimum Gasteiger partial charge on any atom is -0.306 e. The molecule has 4 heteroatoms. The molecule has 1 aliphatic rings. The van der Waals surface area contributed by atoms with Gasteiger partial charge in [-0.1, -0.05) is 0 Å². The normalized spacial score (nSPS) is 22.2. The van der Waals surface area contributed by atoms with Gasteiger partial charge in [0.15, 0.2) is 0 Å².